The van der Waals surface area contributed by atoms with Crippen LogP contribution in [0.4, 0.5) is 13.2 Å². The van der Waals surface area contributed by atoms with E-state index < -0.39 is 23.3 Å². The van der Waals surface area contributed by atoms with Crippen molar-refractivity contribution in [3.63, 3.8) is 0 Å². The van der Waals surface area contributed by atoms with Crippen molar-refractivity contribution in [2.45, 2.75) is 19.0 Å². The van der Waals surface area contributed by atoms with Gasteiger partial charge in [-0.1, -0.05) is 0 Å². The molecule has 1 aromatic rings. The van der Waals surface area contributed by atoms with Gasteiger partial charge >= 0.3 is 6.18 Å². The molecule has 110 valence electrons. The normalized spacial score (nSPS) is 16.8. The van der Waals surface area contributed by atoms with E-state index in [-0.39, 0.29) is 24.1 Å². The van der Waals surface area contributed by atoms with Crippen molar-refractivity contribution in [3.8, 4) is 0 Å². The third kappa shape index (κ3) is 3.01. The Kier molecular flexibility index (Phi) is 3.59. The minimum Gasteiger partial charge on any atom is -0.396 e. The van der Waals surface area contributed by atoms with Gasteiger partial charge in [0.25, 0.3) is 11.5 Å². The van der Waals surface area contributed by atoms with E-state index >= 15 is 0 Å². The molecular weight excluding hydrogens is 277 g/mol. The van der Waals surface area contributed by atoms with Gasteiger partial charge in [-0.2, -0.15) is 13.2 Å². The van der Waals surface area contributed by atoms with E-state index in [2.05, 4.69) is 5.32 Å². The van der Waals surface area contributed by atoms with Crippen molar-refractivity contribution in [1.29, 1.82) is 0 Å². The Hall–Kier alpha value is -1.83. The summed E-state index contributed by atoms with van der Waals surface area (Å²) in [6, 6.07) is 1.49. The summed E-state index contributed by atoms with van der Waals surface area (Å²) in [4.78, 5) is 24.8. The Bertz CT molecular complexity index is 576. The van der Waals surface area contributed by atoms with E-state index in [1.807, 2.05) is 0 Å². The largest absolute Gasteiger partial charge is 0.431 e. The molecule has 20 heavy (non-hydrogen) atoms. The molecule has 1 saturated carbocycles. The predicted molar refractivity (Wildman–Crippen MR) is 63.2 cm³/mol. The number of alkyl halides is 3. The molecule has 1 fully saturated rings. The lowest BCUT2D eigenvalue weighted by molar-refractivity contribution is -0.141. The molecule has 0 saturated heterocycles. The first kappa shape index (κ1) is 14.6. The number of nitrogens with one attached hydrogen (secondary N) is 2. The summed E-state index contributed by atoms with van der Waals surface area (Å²) in [5, 5.41) is 11.5. The zero-order valence-electron chi connectivity index (χ0n) is 10.4. The van der Waals surface area contributed by atoms with Crippen LogP contribution in [0.25, 0.3) is 0 Å². The third-order valence-electron chi connectivity index (χ3n) is 3.38. The van der Waals surface area contributed by atoms with E-state index in [1.165, 1.54) is 0 Å². The summed E-state index contributed by atoms with van der Waals surface area (Å²) in [6.07, 6.45) is -3.12. The number of hydrogen-bond donors (Lipinski definition) is 3. The minimum atomic E-state index is -4.66. The lowest BCUT2D eigenvalue weighted by atomic mass is 10.1. The first-order valence-electron chi connectivity index (χ1n) is 5.97. The monoisotopic (exact) mass is 290 g/mol. The van der Waals surface area contributed by atoms with Crippen LogP contribution in [-0.4, -0.2) is 29.1 Å². The molecule has 0 aromatic carbocycles. The number of carbonyl (C=O) groups excluding carboxylic acids is 1. The van der Waals surface area contributed by atoms with Crippen LogP contribution in [0.5, 0.6) is 0 Å². The Labute approximate surface area is 111 Å². The maximum Gasteiger partial charge on any atom is 0.431 e. The molecule has 0 unspecified atom stereocenters. The summed E-state index contributed by atoms with van der Waals surface area (Å²) in [6.45, 7) is 0.124. The molecule has 0 aliphatic heterocycles. The highest BCUT2D eigenvalue weighted by molar-refractivity contribution is 5.93. The maximum atomic E-state index is 12.4. The second-order valence-electron chi connectivity index (χ2n) is 4.95. The van der Waals surface area contributed by atoms with Gasteiger partial charge in [-0.3, -0.25) is 9.59 Å². The highest BCUT2D eigenvalue weighted by atomic mass is 19.4. The van der Waals surface area contributed by atoms with Crippen molar-refractivity contribution < 1.29 is 23.1 Å². The molecule has 0 radical (unpaired) electrons. The molecule has 2 rings (SSSR count). The van der Waals surface area contributed by atoms with Crippen molar-refractivity contribution >= 4 is 5.91 Å². The molecule has 0 atom stereocenters. The SMILES string of the molecule is O=C(NCC1(CO)CC1)c1ccc(C(F)(F)F)[nH]c1=O. The zero-order valence-corrected chi connectivity index (χ0v) is 10.4. The van der Waals surface area contributed by atoms with Crippen molar-refractivity contribution in [2.24, 2.45) is 5.41 Å². The van der Waals surface area contributed by atoms with Gasteiger partial charge in [0.05, 0.1) is 6.61 Å². The van der Waals surface area contributed by atoms with E-state index in [4.69, 9.17) is 5.11 Å². The van der Waals surface area contributed by atoms with Gasteiger partial charge in [-0.25, -0.2) is 0 Å². The number of halogens is 3. The predicted octanol–water partition coefficient (Wildman–Crippen LogP) is 0.896. The fraction of sp³-hybridized carbons (Fsp3) is 0.500. The number of amides is 1. The van der Waals surface area contributed by atoms with E-state index in [9.17, 15) is 22.8 Å². The molecule has 0 bridgehead atoms. The number of H-pyrrole nitrogens is 1. The van der Waals surface area contributed by atoms with Crippen LogP contribution in [0.2, 0.25) is 0 Å². The number of rotatable bonds is 4. The second kappa shape index (κ2) is 4.93. The summed E-state index contributed by atoms with van der Waals surface area (Å²) < 4.78 is 37.1. The highest BCUT2D eigenvalue weighted by Crippen LogP contribution is 2.44. The number of aliphatic hydroxyl groups excluding tert-OH is 1. The van der Waals surface area contributed by atoms with Crippen LogP contribution in [0, 0.1) is 5.41 Å². The third-order valence-corrected chi connectivity index (χ3v) is 3.38. The fourth-order valence-corrected chi connectivity index (χ4v) is 1.75. The number of hydrogen-bond acceptors (Lipinski definition) is 3. The molecule has 5 nitrogen and oxygen atoms in total. The smallest absolute Gasteiger partial charge is 0.396 e. The first-order valence-corrected chi connectivity index (χ1v) is 5.97. The van der Waals surface area contributed by atoms with Gasteiger partial charge in [0.2, 0.25) is 0 Å². The van der Waals surface area contributed by atoms with Gasteiger partial charge < -0.3 is 15.4 Å². The number of aromatic amines is 1. The number of aliphatic hydroxyl groups is 1. The fourth-order valence-electron chi connectivity index (χ4n) is 1.75. The molecule has 3 N–H and O–H groups in total. The summed E-state index contributed by atoms with van der Waals surface area (Å²) in [5.74, 6) is -0.750. The molecule has 1 aliphatic carbocycles. The molecule has 1 amide bonds. The molecule has 1 aromatic heterocycles. The average molecular weight is 290 g/mol. The van der Waals surface area contributed by atoms with Gasteiger partial charge in [0.15, 0.2) is 0 Å². The van der Waals surface area contributed by atoms with Crippen LogP contribution in [0.15, 0.2) is 16.9 Å². The van der Waals surface area contributed by atoms with Crippen LogP contribution in [0.3, 0.4) is 0 Å². The maximum absolute atomic E-state index is 12.4. The Balaban J connectivity index is 2.09. The summed E-state index contributed by atoms with van der Waals surface area (Å²) in [5.41, 5.74) is -3.01. The van der Waals surface area contributed by atoms with Crippen LogP contribution in [-0.2, 0) is 6.18 Å². The first-order chi connectivity index (χ1) is 9.27. The zero-order chi connectivity index (χ0) is 15.0. The quantitative estimate of drug-likeness (QED) is 0.770. The molecule has 1 heterocycles. The topological polar surface area (TPSA) is 82.2 Å². The van der Waals surface area contributed by atoms with Gasteiger partial charge in [0, 0.05) is 12.0 Å². The lowest BCUT2D eigenvalue weighted by Gasteiger charge is -2.12. The van der Waals surface area contributed by atoms with Crippen molar-refractivity contribution in [1.82, 2.24) is 10.3 Å². The molecule has 8 heteroatoms. The van der Waals surface area contributed by atoms with Crippen molar-refractivity contribution in [3.05, 3.63) is 33.7 Å². The second-order valence-corrected chi connectivity index (χ2v) is 4.95. The summed E-state index contributed by atoms with van der Waals surface area (Å²) >= 11 is 0. The minimum absolute atomic E-state index is 0.0728. The van der Waals surface area contributed by atoms with Crippen LogP contribution < -0.4 is 10.9 Å². The number of pyridine rings is 1. The highest BCUT2D eigenvalue weighted by Gasteiger charge is 2.42. The van der Waals surface area contributed by atoms with E-state index in [0.29, 0.717) is 6.07 Å². The van der Waals surface area contributed by atoms with Gasteiger partial charge in [-0.15, -0.1) is 0 Å². The number of aromatic nitrogens is 1. The Morgan fingerprint density at radius 1 is 1.40 bits per heavy atom. The van der Waals surface area contributed by atoms with E-state index in [1.54, 1.807) is 4.98 Å². The molecule has 1 aliphatic rings. The average Bonchev–Trinajstić information content (AvgIpc) is 3.15. The molecular formula is C12H13F3N2O3. The standard InChI is InChI=1S/C12H13F3N2O3/c13-12(14,15)8-2-1-7(10(20)17-8)9(19)16-5-11(6-18)3-4-11/h1-2,18H,3-6H2,(H,16,19)(H,17,20). The van der Waals surface area contributed by atoms with Gasteiger partial charge in [-0.05, 0) is 25.0 Å². The van der Waals surface area contributed by atoms with E-state index in [0.717, 1.165) is 18.9 Å². The van der Waals surface area contributed by atoms with Crippen molar-refractivity contribution in [2.75, 3.05) is 13.2 Å². The summed E-state index contributed by atoms with van der Waals surface area (Å²) in [7, 11) is 0. The van der Waals surface area contributed by atoms with Crippen LogP contribution in [0.1, 0.15) is 28.9 Å². The van der Waals surface area contributed by atoms with Gasteiger partial charge in [0.1, 0.15) is 11.3 Å². The molecule has 0 spiro atoms. The Morgan fingerprint density at radius 3 is 2.50 bits per heavy atom. The Morgan fingerprint density at radius 2 is 2.05 bits per heavy atom. The lowest BCUT2D eigenvalue weighted by Crippen LogP contribution is -2.35. The van der Waals surface area contributed by atoms with Crippen LogP contribution >= 0.6 is 0 Å². The number of carbonyl (C=O) groups is 1.